The van der Waals surface area contributed by atoms with Gasteiger partial charge in [0.25, 0.3) is 0 Å². The van der Waals surface area contributed by atoms with E-state index in [0.29, 0.717) is 0 Å². The largest absolute Gasteiger partial charge is 0.339 e. The van der Waals surface area contributed by atoms with E-state index in [0.717, 1.165) is 44.3 Å². The van der Waals surface area contributed by atoms with E-state index in [2.05, 4.69) is 48.1 Å². The summed E-state index contributed by atoms with van der Waals surface area (Å²) in [6.07, 6.45) is 0.828. The Kier molecular flexibility index (Phi) is 4.02. The molecule has 1 aromatic rings. The molecular weight excluding hydrogens is 228 g/mol. The predicted octanol–water partition coefficient (Wildman–Crippen LogP) is 1.62. The highest BCUT2D eigenvalue weighted by Crippen LogP contribution is 2.22. The molecule has 2 rings (SSSR count). The lowest BCUT2D eigenvalue weighted by Gasteiger charge is -2.30. The summed E-state index contributed by atoms with van der Waals surface area (Å²) in [7, 11) is 0. The van der Waals surface area contributed by atoms with Crippen molar-refractivity contribution >= 4 is 0 Å². The predicted molar refractivity (Wildman–Crippen MR) is 70.3 cm³/mol. The van der Waals surface area contributed by atoms with Crippen molar-refractivity contribution in [2.75, 3.05) is 26.2 Å². The van der Waals surface area contributed by atoms with E-state index in [-0.39, 0.29) is 11.5 Å². The molecule has 18 heavy (non-hydrogen) atoms. The average molecular weight is 252 g/mol. The number of nitrogens with zero attached hydrogens (tertiary/aromatic N) is 3. The molecule has 0 aromatic carbocycles. The van der Waals surface area contributed by atoms with Crippen LogP contribution in [0.3, 0.4) is 0 Å². The molecule has 0 saturated carbocycles. The lowest BCUT2D eigenvalue weighted by atomic mass is 9.92. The molecule has 1 aromatic heterocycles. The molecule has 2 heterocycles. The zero-order chi connectivity index (χ0) is 13.2. The minimum atomic E-state index is 0.183. The van der Waals surface area contributed by atoms with Crippen LogP contribution in [0.25, 0.3) is 0 Å². The van der Waals surface area contributed by atoms with Crippen molar-refractivity contribution in [1.29, 1.82) is 0 Å². The summed E-state index contributed by atoms with van der Waals surface area (Å²) in [6.45, 7) is 12.9. The van der Waals surface area contributed by atoms with Crippen LogP contribution in [0.5, 0.6) is 0 Å². The van der Waals surface area contributed by atoms with E-state index < -0.39 is 0 Å². The Labute approximate surface area is 109 Å². The monoisotopic (exact) mass is 252 g/mol. The molecule has 1 unspecified atom stereocenters. The molecule has 0 spiro atoms. The third-order valence-corrected chi connectivity index (χ3v) is 3.24. The normalized spacial score (nSPS) is 20.0. The summed E-state index contributed by atoms with van der Waals surface area (Å²) in [6, 6.07) is 0.240. The van der Waals surface area contributed by atoms with Gasteiger partial charge in [-0.2, -0.15) is 4.98 Å². The standard InChI is InChI=1S/C13H24N4O/c1-10(17-7-5-14-6-8-17)12-15-11(18-16-12)9-13(2,3)4/h10,14H,5-9H2,1-4H3. The van der Waals surface area contributed by atoms with Gasteiger partial charge in [-0.15, -0.1) is 0 Å². The number of hydrogen-bond acceptors (Lipinski definition) is 5. The van der Waals surface area contributed by atoms with Gasteiger partial charge < -0.3 is 9.84 Å². The molecule has 1 aliphatic heterocycles. The Morgan fingerprint density at radius 1 is 1.33 bits per heavy atom. The first-order chi connectivity index (χ1) is 8.46. The molecule has 102 valence electrons. The quantitative estimate of drug-likeness (QED) is 0.886. The van der Waals surface area contributed by atoms with Crippen molar-refractivity contribution in [3.8, 4) is 0 Å². The minimum Gasteiger partial charge on any atom is -0.339 e. The van der Waals surface area contributed by atoms with Gasteiger partial charge in [0.2, 0.25) is 5.89 Å². The van der Waals surface area contributed by atoms with Gasteiger partial charge in [-0.05, 0) is 12.3 Å². The zero-order valence-corrected chi connectivity index (χ0v) is 11.9. The molecule has 0 amide bonds. The van der Waals surface area contributed by atoms with Crippen LogP contribution in [0.2, 0.25) is 0 Å². The van der Waals surface area contributed by atoms with Crippen LogP contribution in [0.1, 0.15) is 45.5 Å². The van der Waals surface area contributed by atoms with E-state index in [1.54, 1.807) is 0 Å². The van der Waals surface area contributed by atoms with Gasteiger partial charge in [-0.25, -0.2) is 0 Å². The first-order valence-electron chi connectivity index (χ1n) is 6.73. The smallest absolute Gasteiger partial charge is 0.227 e. The molecule has 0 bridgehead atoms. The Balaban J connectivity index is 2.00. The highest BCUT2D eigenvalue weighted by Gasteiger charge is 2.23. The van der Waals surface area contributed by atoms with Crippen LogP contribution < -0.4 is 5.32 Å². The summed E-state index contributed by atoms with van der Waals surface area (Å²) < 4.78 is 5.35. The topological polar surface area (TPSA) is 54.2 Å². The molecule has 1 fully saturated rings. The fourth-order valence-electron chi connectivity index (χ4n) is 2.20. The molecule has 5 nitrogen and oxygen atoms in total. The molecular formula is C13H24N4O. The van der Waals surface area contributed by atoms with E-state index in [4.69, 9.17) is 4.52 Å². The highest BCUT2D eigenvalue weighted by molar-refractivity contribution is 4.95. The molecule has 1 atom stereocenters. The van der Waals surface area contributed by atoms with Gasteiger partial charge in [0.1, 0.15) is 0 Å². The van der Waals surface area contributed by atoms with Crippen molar-refractivity contribution in [3.63, 3.8) is 0 Å². The molecule has 0 radical (unpaired) electrons. The van der Waals surface area contributed by atoms with Gasteiger partial charge in [0.15, 0.2) is 5.82 Å². The second-order valence-corrected chi connectivity index (χ2v) is 6.25. The van der Waals surface area contributed by atoms with Crippen molar-refractivity contribution in [3.05, 3.63) is 11.7 Å². The SMILES string of the molecule is CC(c1noc(CC(C)(C)C)n1)N1CCNCC1. The van der Waals surface area contributed by atoms with E-state index in [1.165, 1.54) is 0 Å². The molecule has 1 saturated heterocycles. The van der Waals surface area contributed by atoms with Crippen LogP contribution >= 0.6 is 0 Å². The fraction of sp³-hybridized carbons (Fsp3) is 0.846. The van der Waals surface area contributed by atoms with Crippen molar-refractivity contribution in [2.45, 2.75) is 40.2 Å². The van der Waals surface area contributed by atoms with Crippen LogP contribution in [-0.2, 0) is 6.42 Å². The van der Waals surface area contributed by atoms with E-state index in [1.807, 2.05) is 0 Å². The number of nitrogens with one attached hydrogen (secondary N) is 1. The van der Waals surface area contributed by atoms with E-state index >= 15 is 0 Å². The Bertz CT molecular complexity index is 377. The fourth-order valence-corrected chi connectivity index (χ4v) is 2.20. The van der Waals surface area contributed by atoms with Gasteiger partial charge in [-0.3, -0.25) is 4.90 Å². The molecule has 1 N–H and O–H groups in total. The van der Waals surface area contributed by atoms with Crippen molar-refractivity contribution in [1.82, 2.24) is 20.4 Å². The summed E-state index contributed by atoms with van der Waals surface area (Å²) in [5.41, 5.74) is 0.183. The Morgan fingerprint density at radius 3 is 2.61 bits per heavy atom. The lowest BCUT2D eigenvalue weighted by Crippen LogP contribution is -2.44. The first-order valence-corrected chi connectivity index (χ1v) is 6.73. The summed E-state index contributed by atoms with van der Waals surface area (Å²) in [5, 5.41) is 7.48. The number of piperazine rings is 1. The highest BCUT2D eigenvalue weighted by atomic mass is 16.5. The third-order valence-electron chi connectivity index (χ3n) is 3.24. The van der Waals surface area contributed by atoms with Crippen LogP contribution in [-0.4, -0.2) is 41.2 Å². The maximum Gasteiger partial charge on any atom is 0.227 e. The maximum atomic E-state index is 5.35. The Morgan fingerprint density at radius 2 is 2.00 bits per heavy atom. The summed E-state index contributed by atoms with van der Waals surface area (Å²) in [4.78, 5) is 6.92. The van der Waals surface area contributed by atoms with Crippen LogP contribution in [0.4, 0.5) is 0 Å². The molecule has 5 heteroatoms. The summed E-state index contributed by atoms with van der Waals surface area (Å²) in [5.74, 6) is 1.57. The maximum absolute atomic E-state index is 5.35. The second kappa shape index (κ2) is 5.36. The van der Waals surface area contributed by atoms with E-state index in [9.17, 15) is 0 Å². The van der Waals surface area contributed by atoms with Crippen LogP contribution in [0.15, 0.2) is 4.52 Å². The van der Waals surface area contributed by atoms with Gasteiger partial charge in [0.05, 0.1) is 6.04 Å². The zero-order valence-electron chi connectivity index (χ0n) is 11.9. The molecule has 1 aliphatic rings. The number of rotatable bonds is 3. The second-order valence-electron chi connectivity index (χ2n) is 6.25. The average Bonchev–Trinajstić information content (AvgIpc) is 2.75. The van der Waals surface area contributed by atoms with Gasteiger partial charge in [0, 0.05) is 32.6 Å². The number of aromatic nitrogens is 2. The molecule has 0 aliphatic carbocycles. The third kappa shape index (κ3) is 3.53. The minimum absolute atomic E-state index is 0.183. The summed E-state index contributed by atoms with van der Waals surface area (Å²) >= 11 is 0. The van der Waals surface area contributed by atoms with Crippen molar-refractivity contribution < 1.29 is 4.52 Å². The van der Waals surface area contributed by atoms with Crippen LogP contribution in [0, 0.1) is 5.41 Å². The van der Waals surface area contributed by atoms with Gasteiger partial charge in [-0.1, -0.05) is 25.9 Å². The first kappa shape index (κ1) is 13.5. The Hall–Kier alpha value is -0.940. The lowest BCUT2D eigenvalue weighted by molar-refractivity contribution is 0.176. The number of hydrogen-bond donors (Lipinski definition) is 1. The van der Waals surface area contributed by atoms with Crippen molar-refractivity contribution in [2.24, 2.45) is 5.41 Å². The van der Waals surface area contributed by atoms with Gasteiger partial charge >= 0.3 is 0 Å².